The summed E-state index contributed by atoms with van der Waals surface area (Å²) in [4.78, 5) is 24.9. The number of nitrogens with zero attached hydrogens (tertiary/aromatic N) is 1. The van der Waals surface area contributed by atoms with E-state index >= 15 is 0 Å². The first-order chi connectivity index (χ1) is 8.02. The van der Waals surface area contributed by atoms with Crippen molar-refractivity contribution in [2.24, 2.45) is 0 Å². The molecular formula is C13H24N2O2. The van der Waals surface area contributed by atoms with Gasteiger partial charge in [0, 0.05) is 24.9 Å². The van der Waals surface area contributed by atoms with Gasteiger partial charge in [-0.05, 0) is 33.2 Å². The average Bonchev–Trinajstić information content (AvgIpc) is 2.29. The number of Topliss-reactive ketones (excluding diaryl/α,β-unsaturated/α-hetero) is 1. The van der Waals surface area contributed by atoms with Crippen LogP contribution >= 0.6 is 0 Å². The van der Waals surface area contributed by atoms with Crippen LogP contribution in [-0.4, -0.2) is 42.3 Å². The number of carbonyl (C=O) groups excluding carboxylic acids is 2. The van der Waals surface area contributed by atoms with Crippen molar-refractivity contribution >= 4 is 11.7 Å². The van der Waals surface area contributed by atoms with Gasteiger partial charge in [-0.3, -0.25) is 14.5 Å². The molecule has 0 bridgehead atoms. The lowest BCUT2D eigenvalue weighted by Gasteiger charge is -2.30. The molecule has 4 heteroatoms. The highest BCUT2D eigenvalue weighted by molar-refractivity contribution is 5.79. The lowest BCUT2D eigenvalue weighted by Crippen LogP contribution is -2.44. The van der Waals surface area contributed by atoms with Crippen molar-refractivity contribution in [3.8, 4) is 0 Å². The molecule has 1 atom stereocenters. The van der Waals surface area contributed by atoms with Crippen LogP contribution in [0.25, 0.3) is 0 Å². The molecule has 98 valence electrons. The molecule has 1 saturated carbocycles. The lowest BCUT2D eigenvalue weighted by atomic mass is 9.93. The van der Waals surface area contributed by atoms with Crippen molar-refractivity contribution in [3.63, 3.8) is 0 Å². The maximum atomic E-state index is 11.7. The van der Waals surface area contributed by atoms with E-state index in [-0.39, 0.29) is 11.9 Å². The van der Waals surface area contributed by atoms with Crippen LogP contribution in [0.15, 0.2) is 0 Å². The lowest BCUT2D eigenvalue weighted by molar-refractivity contribution is -0.123. The normalized spacial score (nSPS) is 19.4. The summed E-state index contributed by atoms with van der Waals surface area (Å²) in [7, 11) is 1.97. The molecule has 0 aromatic heterocycles. The first kappa shape index (κ1) is 14.2. The van der Waals surface area contributed by atoms with Gasteiger partial charge in [0.05, 0.1) is 6.54 Å². The molecule has 4 nitrogen and oxygen atoms in total. The number of likely N-dealkylation sites (N-methyl/N-ethyl adjacent to an activating group) is 1. The molecule has 0 heterocycles. The van der Waals surface area contributed by atoms with Gasteiger partial charge in [-0.25, -0.2) is 0 Å². The Hall–Kier alpha value is -0.900. The molecule has 1 amide bonds. The zero-order chi connectivity index (χ0) is 12.8. The van der Waals surface area contributed by atoms with Gasteiger partial charge >= 0.3 is 0 Å². The van der Waals surface area contributed by atoms with Crippen LogP contribution in [0.3, 0.4) is 0 Å². The number of ketones is 1. The molecule has 1 aliphatic carbocycles. The third-order valence-corrected chi connectivity index (χ3v) is 3.55. The van der Waals surface area contributed by atoms with Crippen LogP contribution in [0.4, 0.5) is 0 Å². The topological polar surface area (TPSA) is 49.4 Å². The monoisotopic (exact) mass is 240 g/mol. The molecule has 17 heavy (non-hydrogen) atoms. The molecule has 1 aliphatic rings. The van der Waals surface area contributed by atoms with Gasteiger partial charge in [0.1, 0.15) is 5.78 Å². The van der Waals surface area contributed by atoms with E-state index in [1.165, 1.54) is 0 Å². The van der Waals surface area contributed by atoms with E-state index in [4.69, 9.17) is 0 Å². The van der Waals surface area contributed by atoms with Crippen molar-refractivity contribution in [1.29, 1.82) is 0 Å². The second kappa shape index (κ2) is 6.74. The Morgan fingerprint density at radius 2 is 2.06 bits per heavy atom. The van der Waals surface area contributed by atoms with E-state index in [2.05, 4.69) is 17.1 Å². The second-order valence-corrected chi connectivity index (χ2v) is 5.06. The summed E-state index contributed by atoms with van der Waals surface area (Å²) in [6, 6.07) is 0.624. The molecule has 1 fully saturated rings. The predicted octanol–water partition coefficient (Wildman–Crippen LogP) is 1.34. The fourth-order valence-corrected chi connectivity index (χ4v) is 2.14. The Bertz CT molecular complexity index is 269. The van der Waals surface area contributed by atoms with E-state index in [0.29, 0.717) is 31.2 Å². The zero-order valence-electron chi connectivity index (χ0n) is 11.2. The van der Waals surface area contributed by atoms with Gasteiger partial charge < -0.3 is 5.32 Å². The molecule has 1 N–H and O–H groups in total. The van der Waals surface area contributed by atoms with E-state index in [1.807, 2.05) is 14.0 Å². The average molecular weight is 240 g/mol. The van der Waals surface area contributed by atoms with E-state index in [1.54, 1.807) is 0 Å². The highest BCUT2D eigenvalue weighted by Crippen LogP contribution is 2.18. The first-order valence-corrected chi connectivity index (χ1v) is 6.54. The van der Waals surface area contributed by atoms with Crippen LogP contribution in [0.1, 0.15) is 46.0 Å². The molecule has 0 aromatic rings. The van der Waals surface area contributed by atoms with Gasteiger partial charge in [-0.15, -0.1) is 0 Å². The summed E-state index contributed by atoms with van der Waals surface area (Å²) in [5.74, 6) is 0.442. The van der Waals surface area contributed by atoms with Gasteiger partial charge in [0.25, 0.3) is 0 Å². The van der Waals surface area contributed by atoms with Crippen molar-refractivity contribution in [2.45, 2.75) is 58.0 Å². The first-order valence-electron chi connectivity index (χ1n) is 6.54. The smallest absolute Gasteiger partial charge is 0.234 e. The van der Waals surface area contributed by atoms with Crippen LogP contribution in [0.5, 0.6) is 0 Å². The third-order valence-electron chi connectivity index (χ3n) is 3.55. The largest absolute Gasteiger partial charge is 0.353 e. The van der Waals surface area contributed by atoms with Crippen LogP contribution in [-0.2, 0) is 9.59 Å². The Kier molecular flexibility index (Phi) is 5.62. The Balaban J connectivity index is 2.30. The summed E-state index contributed by atoms with van der Waals surface area (Å²) in [6.07, 6.45) is 4.08. The fraction of sp³-hybridized carbons (Fsp3) is 0.846. The summed E-state index contributed by atoms with van der Waals surface area (Å²) >= 11 is 0. The molecule has 0 aromatic carbocycles. The van der Waals surface area contributed by atoms with Crippen LogP contribution < -0.4 is 5.32 Å². The second-order valence-electron chi connectivity index (χ2n) is 5.06. The minimum Gasteiger partial charge on any atom is -0.353 e. The standard InChI is InChI=1S/C13H24N2O2/c1-4-10(2)14-13(17)9-15(3)11-5-7-12(16)8-6-11/h10-11H,4-9H2,1-3H3,(H,14,17). The highest BCUT2D eigenvalue weighted by atomic mass is 16.2. The van der Waals surface area contributed by atoms with Crippen molar-refractivity contribution in [2.75, 3.05) is 13.6 Å². The maximum Gasteiger partial charge on any atom is 0.234 e. The van der Waals surface area contributed by atoms with Crippen molar-refractivity contribution < 1.29 is 9.59 Å². The summed E-state index contributed by atoms with van der Waals surface area (Å²) in [5, 5.41) is 2.96. The Morgan fingerprint density at radius 1 is 1.47 bits per heavy atom. The zero-order valence-corrected chi connectivity index (χ0v) is 11.2. The molecule has 0 aliphatic heterocycles. The van der Waals surface area contributed by atoms with E-state index < -0.39 is 0 Å². The number of hydrogen-bond acceptors (Lipinski definition) is 3. The van der Waals surface area contributed by atoms with E-state index in [0.717, 1.165) is 19.3 Å². The number of carbonyl (C=O) groups is 2. The van der Waals surface area contributed by atoms with Gasteiger partial charge in [0.15, 0.2) is 0 Å². The van der Waals surface area contributed by atoms with Gasteiger partial charge in [-0.1, -0.05) is 6.92 Å². The van der Waals surface area contributed by atoms with Crippen LogP contribution in [0.2, 0.25) is 0 Å². The third kappa shape index (κ3) is 4.86. The molecule has 0 saturated heterocycles. The number of hydrogen-bond donors (Lipinski definition) is 1. The Labute approximate surface area is 104 Å². The van der Waals surface area contributed by atoms with Crippen molar-refractivity contribution in [1.82, 2.24) is 10.2 Å². The summed E-state index contributed by atoms with van der Waals surface area (Å²) in [5.41, 5.74) is 0. The number of amides is 1. The molecule has 0 spiro atoms. The minimum absolute atomic E-state index is 0.0822. The number of rotatable bonds is 5. The van der Waals surface area contributed by atoms with Crippen molar-refractivity contribution in [3.05, 3.63) is 0 Å². The van der Waals surface area contributed by atoms with Crippen LogP contribution in [0, 0.1) is 0 Å². The minimum atomic E-state index is 0.0822. The van der Waals surface area contributed by atoms with Gasteiger partial charge in [0.2, 0.25) is 5.91 Å². The Morgan fingerprint density at radius 3 is 2.59 bits per heavy atom. The quantitative estimate of drug-likeness (QED) is 0.789. The molecule has 1 unspecified atom stereocenters. The predicted molar refractivity (Wildman–Crippen MR) is 67.8 cm³/mol. The maximum absolute atomic E-state index is 11.7. The highest BCUT2D eigenvalue weighted by Gasteiger charge is 2.23. The molecular weight excluding hydrogens is 216 g/mol. The SMILES string of the molecule is CCC(C)NC(=O)CN(C)C1CCC(=O)CC1. The molecule has 1 rings (SSSR count). The summed E-state index contributed by atoms with van der Waals surface area (Å²) < 4.78 is 0. The number of nitrogens with one attached hydrogen (secondary N) is 1. The summed E-state index contributed by atoms with van der Waals surface area (Å²) in [6.45, 7) is 4.50. The van der Waals surface area contributed by atoms with E-state index in [9.17, 15) is 9.59 Å². The fourth-order valence-electron chi connectivity index (χ4n) is 2.14. The molecule has 0 radical (unpaired) electrons. The van der Waals surface area contributed by atoms with Gasteiger partial charge in [-0.2, -0.15) is 0 Å².